The minimum atomic E-state index is 1.12. The van der Waals surface area contributed by atoms with E-state index in [-0.39, 0.29) is 0 Å². The largest absolute Gasteiger partial charge is 0.299 e. The molecule has 0 aliphatic rings. The quantitative estimate of drug-likeness (QED) is 0.344. The summed E-state index contributed by atoms with van der Waals surface area (Å²) in [6, 6.07) is 13.6. The van der Waals surface area contributed by atoms with E-state index in [1.807, 2.05) is 27.7 Å². The van der Waals surface area contributed by atoms with Crippen LogP contribution in [0.5, 0.6) is 0 Å². The molecule has 0 saturated heterocycles. The Labute approximate surface area is 209 Å². The average Bonchev–Trinajstić information content (AvgIpc) is 2.84. The Hall–Kier alpha value is -1.60. The summed E-state index contributed by atoms with van der Waals surface area (Å²) < 4.78 is 0. The van der Waals surface area contributed by atoms with Gasteiger partial charge in [-0.2, -0.15) is 0 Å². The van der Waals surface area contributed by atoms with E-state index in [4.69, 9.17) is 0 Å². The van der Waals surface area contributed by atoms with Crippen LogP contribution in [-0.4, -0.2) is 18.0 Å². The smallest absolute Gasteiger partial charge is 0.0236 e. The van der Waals surface area contributed by atoms with Crippen LogP contribution in [0.4, 0.5) is 0 Å². The van der Waals surface area contributed by atoms with Crippen molar-refractivity contribution in [3.63, 3.8) is 0 Å². The number of aryl methyl sites for hydroxylation is 5. The molecule has 0 saturated carbocycles. The van der Waals surface area contributed by atoms with Crippen LogP contribution in [0.3, 0.4) is 0 Å². The van der Waals surface area contributed by atoms with E-state index >= 15 is 0 Å². The highest BCUT2D eigenvalue weighted by Gasteiger charge is 2.07. The molecule has 2 aromatic rings. The normalized spacial score (nSPS) is 9.82. The van der Waals surface area contributed by atoms with Crippen LogP contribution >= 0.6 is 0 Å². The monoisotopic (exact) mass is 455 g/mol. The number of rotatable bonds is 10. The van der Waals surface area contributed by atoms with Crippen molar-refractivity contribution in [1.82, 2.24) is 4.90 Å². The Balaban J connectivity index is 0. The summed E-state index contributed by atoms with van der Waals surface area (Å²) in [4.78, 5) is 2.58. The summed E-state index contributed by atoms with van der Waals surface area (Å²) >= 11 is 0. The van der Waals surface area contributed by atoms with Gasteiger partial charge in [0, 0.05) is 6.54 Å². The first kappa shape index (κ1) is 33.6. The molecule has 0 unspecified atom stereocenters. The SMILES string of the molecule is CC.CC.CCCc1ccccc1CN(CCC)CCC.CCc1cc(CC)c(C)cc1C. The molecule has 190 valence electrons. The van der Waals surface area contributed by atoms with Crippen molar-refractivity contribution in [2.24, 2.45) is 0 Å². The number of hydrogen-bond acceptors (Lipinski definition) is 1. The molecule has 0 aromatic heterocycles. The fourth-order valence-electron chi connectivity index (χ4n) is 4.08. The average molecular weight is 456 g/mol. The lowest BCUT2D eigenvalue weighted by Gasteiger charge is -2.22. The fourth-order valence-corrected chi connectivity index (χ4v) is 4.08. The molecule has 2 rings (SSSR count). The molecule has 0 amide bonds. The van der Waals surface area contributed by atoms with E-state index in [0.717, 1.165) is 19.4 Å². The predicted molar refractivity (Wildman–Crippen MR) is 154 cm³/mol. The lowest BCUT2D eigenvalue weighted by Crippen LogP contribution is -2.25. The first-order valence-electron chi connectivity index (χ1n) is 13.9. The molecule has 1 nitrogen and oxygen atoms in total. The lowest BCUT2D eigenvalue weighted by molar-refractivity contribution is 0.266. The van der Waals surface area contributed by atoms with Crippen LogP contribution in [0.25, 0.3) is 0 Å². The highest BCUT2D eigenvalue weighted by molar-refractivity contribution is 5.37. The summed E-state index contributed by atoms with van der Waals surface area (Å²) in [5, 5.41) is 0. The van der Waals surface area contributed by atoms with E-state index in [9.17, 15) is 0 Å². The summed E-state index contributed by atoms with van der Waals surface area (Å²) in [5.41, 5.74) is 8.93. The maximum Gasteiger partial charge on any atom is 0.0236 e. The van der Waals surface area contributed by atoms with Crippen LogP contribution in [0.15, 0.2) is 36.4 Å². The second-order valence-corrected chi connectivity index (χ2v) is 8.21. The van der Waals surface area contributed by atoms with Crippen molar-refractivity contribution in [2.45, 2.75) is 121 Å². The maximum absolute atomic E-state index is 2.58. The molecule has 0 bridgehead atoms. The topological polar surface area (TPSA) is 3.24 Å². The molecule has 0 aliphatic heterocycles. The molecule has 0 radical (unpaired) electrons. The summed E-state index contributed by atoms with van der Waals surface area (Å²) in [6.07, 6.45) is 7.24. The zero-order chi connectivity index (χ0) is 25.6. The van der Waals surface area contributed by atoms with Crippen LogP contribution < -0.4 is 0 Å². The van der Waals surface area contributed by atoms with Crippen molar-refractivity contribution in [3.8, 4) is 0 Å². The summed E-state index contributed by atoms with van der Waals surface area (Å²) in [7, 11) is 0. The summed E-state index contributed by atoms with van der Waals surface area (Å²) in [6.45, 7) is 27.2. The molecule has 0 fully saturated rings. The van der Waals surface area contributed by atoms with Crippen molar-refractivity contribution in [3.05, 3.63) is 69.8 Å². The number of hydrogen-bond donors (Lipinski definition) is 0. The highest BCUT2D eigenvalue weighted by Crippen LogP contribution is 2.17. The Morgan fingerprint density at radius 3 is 1.42 bits per heavy atom. The Bertz CT molecular complexity index is 670. The zero-order valence-corrected chi connectivity index (χ0v) is 24.3. The minimum Gasteiger partial charge on any atom is -0.299 e. The first-order chi connectivity index (χ1) is 16.0. The molecule has 0 N–H and O–H groups in total. The fraction of sp³-hybridized carbons (Fsp3) is 0.625. The molecular weight excluding hydrogens is 398 g/mol. The minimum absolute atomic E-state index is 1.12. The molecule has 0 atom stereocenters. The van der Waals surface area contributed by atoms with Crippen LogP contribution in [0, 0.1) is 13.8 Å². The van der Waals surface area contributed by atoms with Gasteiger partial charge in [0.15, 0.2) is 0 Å². The molecule has 0 heterocycles. The molecule has 2 aromatic carbocycles. The third-order valence-corrected chi connectivity index (χ3v) is 5.67. The van der Waals surface area contributed by atoms with Gasteiger partial charge < -0.3 is 0 Å². The molecule has 0 spiro atoms. The maximum atomic E-state index is 2.58. The van der Waals surface area contributed by atoms with E-state index in [1.54, 1.807) is 0 Å². The molecule has 0 aliphatic carbocycles. The van der Waals surface area contributed by atoms with Gasteiger partial charge in [-0.1, -0.05) is 105 Å². The van der Waals surface area contributed by atoms with E-state index in [0.29, 0.717) is 0 Å². The lowest BCUT2D eigenvalue weighted by atomic mass is 9.97. The van der Waals surface area contributed by atoms with Crippen LogP contribution in [-0.2, 0) is 25.8 Å². The van der Waals surface area contributed by atoms with E-state index < -0.39 is 0 Å². The summed E-state index contributed by atoms with van der Waals surface area (Å²) in [5.74, 6) is 0. The van der Waals surface area contributed by atoms with E-state index in [2.05, 4.69) is 89.8 Å². The molecular formula is C32H57N. The van der Waals surface area contributed by atoms with Crippen LogP contribution in [0.2, 0.25) is 0 Å². The van der Waals surface area contributed by atoms with Gasteiger partial charge in [0.25, 0.3) is 0 Å². The van der Waals surface area contributed by atoms with E-state index in [1.165, 1.54) is 72.2 Å². The Morgan fingerprint density at radius 2 is 1.03 bits per heavy atom. The van der Waals surface area contributed by atoms with Crippen molar-refractivity contribution in [2.75, 3.05) is 13.1 Å². The molecule has 33 heavy (non-hydrogen) atoms. The van der Waals surface area contributed by atoms with Gasteiger partial charge >= 0.3 is 0 Å². The second-order valence-electron chi connectivity index (χ2n) is 8.21. The van der Waals surface area contributed by atoms with Gasteiger partial charge in [0.05, 0.1) is 0 Å². The second kappa shape index (κ2) is 22.2. The van der Waals surface area contributed by atoms with Crippen molar-refractivity contribution < 1.29 is 0 Å². The number of benzene rings is 2. The Morgan fingerprint density at radius 1 is 0.576 bits per heavy atom. The van der Waals surface area contributed by atoms with Gasteiger partial charge in [-0.3, -0.25) is 4.90 Å². The van der Waals surface area contributed by atoms with Crippen molar-refractivity contribution >= 4 is 0 Å². The number of nitrogens with zero attached hydrogens (tertiary/aromatic N) is 1. The molecule has 1 heteroatoms. The third-order valence-electron chi connectivity index (χ3n) is 5.67. The third kappa shape index (κ3) is 13.6. The first-order valence-corrected chi connectivity index (χ1v) is 13.9. The van der Waals surface area contributed by atoms with Gasteiger partial charge in [0.1, 0.15) is 0 Å². The van der Waals surface area contributed by atoms with Gasteiger partial charge in [-0.05, 0) is 92.4 Å². The van der Waals surface area contributed by atoms with Gasteiger partial charge in [-0.25, -0.2) is 0 Å². The highest BCUT2D eigenvalue weighted by atomic mass is 15.1. The zero-order valence-electron chi connectivity index (χ0n) is 24.3. The Kier molecular flexibility index (Phi) is 22.6. The standard InChI is InChI=1S/C16H27N.C12H18.2C2H6/c1-4-9-15-10-7-8-11-16(15)14-17(12-5-2)13-6-3;1-5-11-8-12(6-2)10(4)7-9(11)3;2*1-2/h7-8,10-11H,4-6,9,12-14H2,1-3H3;7-8H,5-6H2,1-4H3;2*1-2H3. The predicted octanol–water partition coefficient (Wildman–Crippen LogP) is 9.74. The van der Waals surface area contributed by atoms with Crippen molar-refractivity contribution in [1.29, 1.82) is 0 Å². The van der Waals surface area contributed by atoms with Gasteiger partial charge in [0.2, 0.25) is 0 Å². The van der Waals surface area contributed by atoms with Gasteiger partial charge in [-0.15, -0.1) is 0 Å². The van der Waals surface area contributed by atoms with Crippen LogP contribution in [0.1, 0.15) is 115 Å².